The van der Waals surface area contributed by atoms with E-state index < -0.39 is 0 Å². The van der Waals surface area contributed by atoms with Crippen molar-refractivity contribution in [3.05, 3.63) is 94.0 Å². The predicted octanol–water partition coefficient (Wildman–Crippen LogP) is 5.78. The second-order valence-electron chi connectivity index (χ2n) is 5.69. The summed E-state index contributed by atoms with van der Waals surface area (Å²) in [6.07, 6.45) is 1.77. The van der Waals surface area contributed by atoms with Gasteiger partial charge in [-0.1, -0.05) is 57.9 Å². The van der Waals surface area contributed by atoms with Crippen molar-refractivity contribution in [1.29, 1.82) is 0 Å². The highest BCUT2D eigenvalue weighted by molar-refractivity contribution is 9.10. The molecule has 0 aliphatic rings. The summed E-state index contributed by atoms with van der Waals surface area (Å²) in [6.45, 7) is 2.62. The van der Waals surface area contributed by atoms with Crippen LogP contribution in [0.25, 0.3) is 0 Å². The second-order valence-corrected chi connectivity index (χ2v) is 6.61. The van der Waals surface area contributed by atoms with Crippen molar-refractivity contribution in [3.8, 4) is 5.75 Å². The molecule has 0 aliphatic carbocycles. The largest absolute Gasteiger partial charge is 0.488 e. The van der Waals surface area contributed by atoms with Gasteiger partial charge in [0.05, 0.1) is 11.9 Å². The minimum Gasteiger partial charge on any atom is -0.488 e. The van der Waals surface area contributed by atoms with E-state index in [4.69, 9.17) is 4.74 Å². The molecule has 3 aromatic rings. The number of ether oxygens (including phenoxy) is 1. The van der Waals surface area contributed by atoms with Gasteiger partial charge in [-0.05, 0) is 48.9 Å². The zero-order chi connectivity index (χ0) is 17.5. The Hall–Kier alpha value is -2.59. The quantitative estimate of drug-likeness (QED) is 0.424. The highest BCUT2D eigenvalue weighted by Gasteiger charge is 2.02. The maximum atomic E-state index is 5.97. The number of benzene rings is 3. The van der Waals surface area contributed by atoms with Gasteiger partial charge < -0.3 is 4.74 Å². The number of rotatable bonds is 6. The second kappa shape index (κ2) is 8.49. The van der Waals surface area contributed by atoms with Crippen molar-refractivity contribution < 1.29 is 4.74 Å². The van der Waals surface area contributed by atoms with Crippen LogP contribution in [0.4, 0.5) is 5.69 Å². The molecular formula is C21H19BrN2O. The number of anilines is 1. The molecule has 0 fully saturated rings. The van der Waals surface area contributed by atoms with Crippen molar-refractivity contribution in [2.45, 2.75) is 13.5 Å². The van der Waals surface area contributed by atoms with Crippen LogP contribution in [0.3, 0.4) is 0 Å². The standard InChI is InChI=1S/C21H19BrN2O/c1-16-5-4-6-17(13-16)15-25-21-8-3-2-7-18(21)14-23-24-20-11-9-19(22)10-12-20/h2-14,24H,15H2,1H3. The molecule has 0 unspecified atom stereocenters. The van der Waals surface area contributed by atoms with Gasteiger partial charge in [-0.2, -0.15) is 5.10 Å². The molecule has 126 valence electrons. The SMILES string of the molecule is Cc1cccc(COc2ccccc2C=NNc2ccc(Br)cc2)c1. The summed E-state index contributed by atoms with van der Waals surface area (Å²) in [5.74, 6) is 0.811. The van der Waals surface area contributed by atoms with Gasteiger partial charge in [0.2, 0.25) is 0 Å². The van der Waals surface area contributed by atoms with Crippen molar-refractivity contribution in [2.24, 2.45) is 5.10 Å². The van der Waals surface area contributed by atoms with Crippen LogP contribution in [0.15, 0.2) is 82.4 Å². The summed E-state index contributed by atoms with van der Waals surface area (Å²) in [5, 5.41) is 4.30. The van der Waals surface area contributed by atoms with Crippen LogP contribution in [0, 0.1) is 6.92 Å². The zero-order valence-electron chi connectivity index (χ0n) is 13.9. The molecule has 0 aromatic heterocycles. The van der Waals surface area contributed by atoms with E-state index in [1.807, 2.05) is 54.6 Å². The maximum absolute atomic E-state index is 5.97. The Morgan fingerprint density at radius 1 is 1.00 bits per heavy atom. The molecule has 0 radical (unpaired) electrons. The first-order valence-electron chi connectivity index (χ1n) is 8.03. The number of hydrogen-bond acceptors (Lipinski definition) is 3. The zero-order valence-corrected chi connectivity index (χ0v) is 15.5. The van der Waals surface area contributed by atoms with E-state index in [1.54, 1.807) is 6.21 Å². The summed E-state index contributed by atoms with van der Waals surface area (Å²) in [7, 11) is 0. The minimum atomic E-state index is 0.534. The number of nitrogens with one attached hydrogen (secondary N) is 1. The molecular weight excluding hydrogens is 376 g/mol. The van der Waals surface area contributed by atoms with E-state index >= 15 is 0 Å². The summed E-state index contributed by atoms with van der Waals surface area (Å²) in [4.78, 5) is 0. The number of halogens is 1. The summed E-state index contributed by atoms with van der Waals surface area (Å²) in [6, 6.07) is 24.1. The van der Waals surface area contributed by atoms with Crippen LogP contribution >= 0.6 is 15.9 Å². The highest BCUT2D eigenvalue weighted by Crippen LogP contribution is 2.18. The molecule has 0 heterocycles. The van der Waals surface area contributed by atoms with Gasteiger partial charge in [0, 0.05) is 10.0 Å². The third-order valence-corrected chi connectivity index (χ3v) is 4.17. The van der Waals surface area contributed by atoms with Gasteiger partial charge in [-0.3, -0.25) is 5.43 Å². The molecule has 0 atom stereocenters. The maximum Gasteiger partial charge on any atom is 0.128 e. The molecule has 3 aromatic carbocycles. The molecule has 3 nitrogen and oxygen atoms in total. The Balaban J connectivity index is 1.65. The Bertz CT molecular complexity index is 860. The average molecular weight is 395 g/mol. The lowest BCUT2D eigenvalue weighted by Gasteiger charge is -2.09. The van der Waals surface area contributed by atoms with Gasteiger partial charge in [0.15, 0.2) is 0 Å². The van der Waals surface area contributed by atoms with Crippen molar-refractivity contribution in [3.63, 3.8) is 0 Å². The van der Waals surface area contributed by atoms with Crippen molar-refractivity contribution >= 4 is 27.8 Å². The van der Waals surface area contributed by atoms with E-state index in [-0.39, 0.29) is 0 Å². The number of nitrogens with zero attached hydrogens (tertiary/aromatic N) is 1. The number of para-hydroxylation sites is 1. The smallest absolute Gasteiger partial charge is 0.128 e. The van der Waals surface area contributed by atoms with E-state index in [0.717, 1.165) is 27.0 Å². The lowest BCUT2D eigenvalue weighted by Crippen LogP contribution is -1.99. The number of hydrogen-bond donors (Lipinski definition) is 1. The molecule has 0 spiro atoms. The van der Waals surface area contributed by atoms with Crippen LogP contribution in [0.1, 0.15) is 16.7 Å². The lowest BCUT2D eigenvalue weighted by molar-refractivity contribution is 0.305. The monoisotopic (exact) mass is 394 g/mol. The fraction of sp³-hybridized carbons (Fsp3) is 0.0952. The minimum absolute atomic E-state index is 0.534. The molecule has 0 saturated carbocycles. The van der Waals surface area contributed by atoms with Crippen LogP contribution in [-0.2, 0) is 6.61 Å². The first-order chi connectivity index (χ1) is 12.2. The van der Waals surface area contributed by atoms with Crippen LogP contribution in [0.5, 0.6) is 5.75 Å². The molecule has 0 saturated heterocycles. The van der Waals surface area contributed by atoms with E-state index in [0.29, 0.717) is 6.61 Å². The van der Waals surface area contributed by atoms with Gasteiger partial charge >= 0.3 is 0 Å². The van der Waals surface area contributed by atoms with E-state index in [9.17, 15) is 0 Å². The van der Waals surface area contributed by atoms with Crippen LogP contribution < -0.4 is 10.2 Å². The third kappa shape index (κ3) is 5.19. The Morgan fingerprint density at radius 2 is 1.80 bits per heavy atom. The van der Waals surface area contributed by atoms with Crippen LogP contribution in [0.2, 0.25) is 0 Å². The first kappa shape index (κ1) is 17.2. The number of aryl methyl sites for hydroxylation is 1. The fourth-order valence-corrected chi connectivity index (χ4v) is 2.65. The van der Waals surface area contributed by atoms with Gasteiger partial charge in [0.25, 0.3) is 0 Å². The van der Waals surface area contributed by atoms with Gasteiger partial charge in [-0.15, -0.1) is 0 Å². The molecule has 1 N–H and O–H groups in total. The topological polar surface area (TPSA) is 33.6 Å². The lowest BCUT2D eigenvalue weighted by atomic mass is 10.1. The summed E-state index contributed by atoms with van der Waals surface area (Å²) < 4.78 is 7.01. The first-order valence-corrected chi connectivity index (χ1v) is 8.82. The van der Waals surface area contributed by atoms with Gasteiger partial charge in [0.1, 0.15) is 12.4 Å². The highest BCUT2D eigenvalue weighted by atomic mass is 79.9. The molecule has 25 heavy (non-hydrogen) atoms. The normalized spacial score (nSPS) is 10.8. The molecule has 0 bridgehead atoms. The Morgan fingerprint density at radius 3 is 2.60 bits per heavy atom. The Kier molecular flexibility index (Phi) is 5.86. The summed E-state index contributed by atoms with van der Waals surface area (Å²) in [5.41, 5.74) is 7.26. The van der Waals surface area contributed by atoms with Crippen molar-refractivity contribution in [2.75, 3.05) is 5.43 Å². The molecule has 0 amide bonds. The Labute approximate surface area is 156 Å². The average Bonchev–Trinajstić information content (AvgIpc) is 2.63. The molecule has 3 rings (SSSR count). The van der Waals surface area contributed by atoms with Crippen molar-refractivity contribution in [1.82, 2.24) is 0 Å². The van der Waals surface area contributed by atoms with E-state index in [2.05, 4.69) is 51.6 Å². The van der Waals surface area contributed by atoms with Gasteiger partial charge in [-0.25, -0.2) is 0 Å². The molecule has 4 heteroatoms. The summed E-state index contributed by atoms with van der Waals surface area (Å²) >= 11 is 3.42. The van der Waals surface area contributed by atoms with E-state index in [1.165, 1.54) is 5.56 Å². The fourth-order valence-electron chi connectivity index (χ4n) is 2.38. The molecule has 0 aliphatic heterocycles. The van der Waals surface area contributed by atoms with Crippen LogP contribution in [-0.4, -0.2) is 6.21 Å². The predicted molar refractivity (Wildman–Crippen MR) is 107 cm³/mol. The third-order valence-electron chi connectivity index (χ3n) is 3.64. The number of hydrazone groups is 1.